The summed E-state index contributed by atoms with van der Waals surface area (Å²) < 4.78 is 1.69. The van der Waals surface area contributed by atoms with Gasteiger partial charge in [0, 0.05) is 19.1 Å². The van der Waals surface area contributed by atoms with E-state index in [4.69, 9.17) is 4.98 Å². The Kier molecular flexibility index (Phi) is 8.18. The van der Waals surface area contributed by atoms with Crippen LogP contribution in [0.1, 0.15) is 57.3 Å². The van der Waals surface area contributed by atoms with Crippen LogP contribution in [0.25, 0.3) is 16.6 Å². The lowest BCUT2D eigenvalue weighted by molar-refractivity contribution is 0.154. The highest BCUT2D eigenvalue weighted by atomic mass is 16.2. The first-order chi connectivity index (χ1) is 17.0. The summed E-state index contributed by atoms with van der Waals surface area (Å²) in [5.74, 6) is 0.597. The third kappa shape index (κ3) is 5.73. The molecule has 2 aromatic carbocycles. The SMILES string of the molecule is CCC(c1nc2ccccc2c(=O)n1-c1ccccc1)N(CCN(C)C)C(=O)NC1CCCCC1. The first kappa shape index (κ1) is 24.9. The van der Waals surface area contributed by atoms with Crippen molar-refractivity contribution >= 4 is 16.9 Å². The van der Waals surface area contributed by atoms with Gasteiger partial charge in [0.25, 0.3) is 5.56 Å². The maximum atomic E-state index is 13.7. The number of nitrogens with zero attached hydrogens (tertiary/aromatic N) is 4. The number of fused-ring (bicyclic) bond motifs is 1. The van der Waals surface area contributed by atoms with Crippen LogP contribution in [0.5, 0.6) is 0 Å². The first-order valence-corrected chi connectivity index (χ1v) is 12.8. The fourth-order valence-electron chi connectivity index (χ4n) is 4.95. The monoisotopic (exact) mass is 475 g/mol. The minimum absolute atomic E-state index is 0.0763. The van der Waals surface area contributed by atoms with E-state index in [2.05, 4.69) is 17.1 Å². The minimum Gasteiger partial charge on any atom is -0.335 e. The number of benzene rings is 2. The summed E-state index contributed by atoms with van der Waals surface area (Å²) in [4.78, 5) is 36.4. The van der Waals surface area contributed by atoms with E-state index in [-0.39, 0.29) is 23.7 Å². The van der Waals surface area contributed by atoms with E-state index < -0.39 is 0 Å². The Balaban J connectivity index is 1.81. The molecule has 1 aliphatic carbocycles. The number of hydrogen-bond donors (Lipinski definition) is 1. The van der Waals surface area contributed by atoms with Gasteiger partial charge >= 0.3 is 6.03 Å². The van der Waals surface area contributed by atoms with Gasteiger partial charge in [-0.1, -0.05) is 56.5 Å². The number of rotatable bonds is 8. The molecule has 1 unspecified atom stereocenters. The summed E-state index contributed by atoms with van der Waals surface area (Å²) in [7, 11) is 4.01. The molecule has 0 saturated heterocycles. The topological polar surface area (TPSA) is 70.5 Å². The van der Waals surface area contributed by atoms with Crippen LogP contribution in [-0.2, 0) is 0 Å². The smallest absolute Gasteiger partial charge is 0.318 e. The van der Waals surface area contributed by atoms with Crippen LogP contribution >= 0.6 is 0 Å². The molecule has 1 fully saturated rings. The molecule has 1 N–H and O–H groups in total. The van der Waals surface area contributed by atoms with Gasteiger partial charge in [0.15, 0.2) is 0 Å². The van der Waals surface area contributed by atoms with Crippen molar-refractivity contribution in [2.45, 2.75) is 57.5 Å². The van der Waals surface area contributed by atoms with Crippen molar-refractivity contribution in [3.05, 3.63) is 70.8 Å². The average Bonchev–Trinajstić information content (AvgIpc) is 2.87. The van der Waals surface area contributed by atoms with E-state index in [0.29, 0.717) is 29.7 Å². The van der Waals surface area contributed by atoms with E-state index in [0.717, 1.165) is 37.9 Å². The molecule has 0 aliphatic heterocycles. The highest BCUT2D eigenvalue weighted by Gasteiger charge is 2.30. The molecular formula is C28H37N5O2. The predicted octanol–water partition coefficient (Wildman–Crippen LogP) is 4.74. The zero-order chi connectivity index (χ0) is 24.8. The first-order valence-electron chi connectivity index (χ1n) is 12.8. The largest absolute Gasteiger partial charge is 0.335 e. The lowest BCUT2D eigenvalue weighted by Gasteiger charge is -2.35. The van der Waals surface area contributed by atoms with Crippen LogP contribution in [0.4, 0.5) is 4.79 Å². The normalized spacial score (nSPS) is 15.3. The van der Waals surface area contributed by atoms with Crippen molar-refractivity contribution in [3.63, 3.8) is 0 Å². The number of aromatic nitrogens is 2. The molecule has 0 bridgehead atoms. The summed E-state index contributed by atoms with van der Waals surface area (Å²) in [6.45, 7) is 3.32. The Hall–Kier alpha value is -3.19. The molecule has 2 amide bonds. The standard InChI is InChI=1S/C28H37N5O2/c1-4-25(32(20-19-31(2)3)28(35)29-21-13-7-5-8-14-21)26-30-24-18-12-11-17-23(24)27(34)33(26)22-15-9-6-10-16-22/h6,9-12,15-18,21,25H,4-5,7-8,13-14,19-20H2,1-3H3,(H,29,35). The Morgan fingerprint density at radius 2 is 1.71 bits per heavy atom. The number of carbonyl (C=O) groups is 1. The molecule has 7 heteroatoms. The molecule has 1 aliphatic rings. The number of hydrogen-bond acceptors (Lipinski definition) is 4. The van der Waals surface area contributed by atoms with Gasteiger partial charge in [-0.3, -0.25) is 9.36 Å². The van der Waals surface area contributed by atoms with Crippen LogP contribution in [0.15, 0.2) is 59.4 Å². The van der Waals surface area contributed by atoms with Crippen molar-refractivity contribution in [1.82, 2.24) is 24.7 Å². The van der Waals surface area contributed by atoms with Gasteiger partial charge in [-0.2, -0.15) is 0 Å². The Labute approximate surface area is 207 Å². The lowest BCUT2D eigenvalue weighted by atomic mass is 9.96. The number of amides is 2. The van der Waals surface area contributed by atoms with Crippen LogP contribution in [-0.4, -0.2) is 58.6 Å². The van der Waals surface area contributed by atoms with Crippen molar-refractivity contribution in [2.24, 2.45) is 0 Å². The molecule has 0 radical (unpaired) electrons. The number of para-hydroxylation sites is 2. The van der Waals surface area contributed by atoms with Gasteiger partial charge in [-0.05, 0) is 57.6 Å². The fraction of sp³-hybridized carbons (Fsp3) is 0.464. The van der Waals surface area contributed by atoms with Crippen molar-refractivity contribution in [2.75, 3.05) is 27.2 Å². The van der Waals surface area contributed by atoms with Gasteiger partial charge in [0.05, 0.1) is 22.6 Å². The fourth-order valence-corrected chi connectivity index (χ4v) is 4.95. The molecule has 7 nitrogen and oxygen atoms in total. The zero-order valence-corrected chi connectivity index (χ0v) is 21.1. The molecule has 0 spiro atoms. The third-order valence-electron chi connectivity index (χ3n) is 6.86. The average molecular weight is 476 g/mol. The Bertz CT molecular complexity index is 1180. The van der Waals surface area contributed by atoms with Gasteiger partial charge < -0.3 is 15.1 Å². The van der Waals surface area contributed by atoms with Crippen molar-refractivity contribution in [1.29, 1.82) is 0 Å². The van der Waals surface area contributed by atoms with Gasteiger partial charge in [-0.15, -0.1) is 0 Å². The summed E-state index contributed by atoms with van der Waals surface area (Å²) in [5, 5.41) is 3.86. The molecule has 3 aromatic rings. The van der Waals surface area contributed by atoms with E-state index in [9.17, 15) is 9.59 Å². The van der Waals surface area contributed by atoms with E-state index in [1.807, 2.05) is 73.6 Å². The lowest BCUT2D eigenvalue weighted by Crippen LogP contribution is -2.49. The van der Waals surface area contributed by atoms with Crippen LogP contribution < -0.4 is 10.9 Å². The van der Waals surface area contributed by atoms with Crippen LogP contribution in [0, 0.1) is 0 Å². The van der Waals surface area contributed by atoms with E-state index >= 15 is 0 Å². The van der Waals surface area contributed by atoms with Gasteiger partial charge in [0.1, 0.15) is 5.82 Å². The molecular weight excluding hydrogens is 438 g/mol. The van der Waals surface area contributed by atoms with Crippen molar-refractivity contribution < 1.29 is 4.79 Å². The van der Waals surface area contributed by atoms with E-state index in [1.54, 1.807) is 4.57 Å². The highest BCUT2D eigenvalue weighted by molar-refractivity contribution is 5.78. The zero-order valence-electron chi connectivity index (χ0n) is 21.1. The molecule has 35 heavy (non-hydrogen) atoms. The third-order valence-corrected chi connectivity index (χ3v) is 6.86. The summed E-state index contributed by atoms with van der Waals surface area (Å²) in [6.07, 6.45) is 6.22. The van der Waals surface area contributed by atoms with Crippen LogP contribution in [0.2, 0.25) is 0 Å². The molecule has 1 atom stereocenters. The Morgan fingerprint density at radius 1 is 1.03 bits per heavy atom. The minimum atomic E-state index is -0.351. The number of likely N-dealkylation sites (N-methyl/N-ethyl adjacent to an activating group) is 1. The predicted molar refractivity (Wildman–Crippen MR) is 141 cm³/mol. The molecule has 1 aromatic heterocycles. The van der Waals surface area contributed by atoms with Crippen molar-refractivity contribution in [3.8, 4) is 5.69 Å². The number of nitrogens with one attached hydrogen (secondary N) is 1. The summed E-state index contributed by atoms with van der Waals surface area (Å²) in [6, 6.07) is 16.8. The molecule has 4 rings (SSSR count). The molecule has 1 heterocycles. The summed E-state index contributed by atoms with van der Waals surface area (Å²) >= 11 is 0. The highest BCUT2D eigenvalue weighted by Crippen LogP contribution is 2.27. The second kappa shape index (κ2) is 11.5. The van der Waals surface area contributed by atoms with Gasteiger partial charge in [-0.25, -0.2) is 9.78 Å². The number of urea groups is 1. The maximum absolute atomic E-state index is 13.7. The summed E-state index contributed by atoms with van der Waals surface area (Å²) in [5.41, 5.74) is 1.29. The quantitative estimate of drug-likeness (QED) is 0.511. The second-order valence-corrected chi connectivity index (χ2v) is 9.67. The number of carbonyl (C=O) groups excluding carboxylic acids is 1. The van der Waals surface area contributed by atoms with E-state index in [1.165, 1.54) is 6.42 Å². The Morgan fingerprint density at radius 3 is 2.40 bits per heavy atom. The molecule has 186 valence electrons. The maximum Gasteiger partial charge on any atom is 0.318 e. The second-order valence-electron chi connectivity index (χ2n) is 9.67. The van der Waals surface area contributed by atoms with Crippen LogP contribution in [0.3, 0.4) is 0 Å². The molecule has 1 saturated carbocycles. The van der Waals surface area contributed by atoms with Gasteiger partial charge in [0.2, 0.25) is 0 Å².